The molecule has 1 atom stereocenters. The number of amides is 1. The van der Waals surface area contributed by atoms with E-state index >= 15 is 0 Å². The van der Waals surface area contributed by atoms with Crippen molar-refractivity contribution in [3.63, 3.8) is 0 Å². The molecule has 0 aromatic carbocycles. The molecule has 13 heavy (non-hydrogen) atoms. The van der Waals surface area contributed by atoms with Crippen molar-refractivity contribution in [1.29, 1.82) is 0 Å². The zero-order chi connectivity index (χ0) is 10.1. The first kappa shape index (κ1) is 10.0. The molecule has 1 aliphatic carbocycles. The Morgan fingerprint density at radius 3 is 2.46 bits per heavy atom. The smallest absolute Gasteiger partial charge is 0.315 e. The highest BCUT2D eigenvalue weighted by atomic mass is 16.4. The lowest BCUT2D eigenvalue weighted by atomic mass is 10.1. The second-order valence-electron chi connectivity index (χ2n) is 4.09. The molecule has 0 aromatic heterocycles. The van der Waals surface area contributed by atoms with Crippen molar-refractivity contribution >= 4 is 11.9 Å². The van der Waals surface area contributed by atoms with Crippen molar-refractivity contribution in [2.24, 2.45) is 11.3 Å². The Morgan fingerprint density at radius 1 is 1.54 bits per heavy atom. The molecule has 0 radical (unpaired) electrons. The van der Waals surface area contributed by atoms with Crippen LogP contribution in [0.3, 0.4) is 0 Å². The van der Waals surface area contributed by atoms with Crippen molar-refractivity contribution in [2.75, 3.05) is 6.54 Å². The van der Waals surface area contributed by atoms with Crippen molar-refractivity contribution in [2.45, 2.75) is 26.7 Å². The van der Waals surface area contributed by atoms with Gasteiger partial charge in [-0.15, -0.1) is 0 Å². The van der Waals surface area contributed by atoms with Crippen LogP contribution in [0.5, 0.6) is 0 Å². The Morgan fingerprint density at radius 2 is 2.08 bits per heavy atom. The molecule has 74 valence electrons. The number of carbonyl (C=O) groups excluding carboxylic acids is 1. The highest BCUT2D eigenvalue weighted by molar-refractivity contribution is 5.96. The fourth-order valence-corrected chi connectivity index (χ4v) is 0.956. The van der Waals surface area contributed by atoms with Gasteiger partial charge in [-0.05, 0) is 25.2 Å². The molecule has 0 heterocycles. The van der Waals surface area contributed by atoms with Gasteiger partial charge in [-0.2, -0.15) is 0 Å². The summed E-state index contributed by atoms with van der Waals surface area (Å²) in [6.07, 6.45) is 2.24. The van der Waals surface area contributed by atoms with Crippen LogP contribution >= 0.6 is 0 Å². The molecule has 0 aromatic rings. The Kier molecular flexibility index (Phi) is 2.59. The molecule has 0 aliphatic heterocycles. The summed E-state index contributed by atoms with van der Waals surface area (Å²) in [6, 6.07) is 0. The Bertz CT molecular complexity index is 233. The van der Waals surface area contributed by atoms with Gasteiger partial charge in [0, 0.05) is 6.54 Å². The molecule has 1 aliphatic rings. The largest absolute Gasteiger partial charge is 0.481 e. The van der Waals surface area contributed by atoms with Crippen LogP contribution in [0.1, 0.15) is 26.7 Å². The van der Waals surface area contributed by atoms with Gasteiger partial charge in [-0.25, -0.2) is 0 Å². The third-order valence-corrected chi connectivity index (χ3v) is 2.56. The van der Waals surface area contributed by atoms with E-state index in [0.717, 1.165) is 12.8 Å². The van der Waals surface area contributed by atoms with E-state index in [2.05, 4.69) is 12.2 Å². The molecule has 1 fully saturated rings. The molecule has 0 bridgehead atoms. The van der Waals surface area contributed by atoms with Gasteiger partial charge in [0.25, 0.3) is 0 Å². The van der Waals surface area contributed by atoms with Crippen molar-refractivity contribution < 1.29 is 14.7 Å². The number of carboxylic acids is 1. The quantitative estimate of drug-likeness (QED) is 0.631. The molecule has 1 saturated carbocycles. The fraction of sp³-hybridized carbons (Fsp3) is 0.778. The number of carbonyl (C=O) groups is 2. The van der Waals surface area contributed by atoms with E-state index < -0.39 is 11.9 Å². The second kappa shape index (κ2) is 3.36. The van der Waals surface area contributed by atoms with Gasteiger partial charge in [-0.1, -0.05) is 6.92 Å². The van der Waals surface area contributed by atoms with Gasteiger partial charge in [-0.3, -0.25) is 9.59 Å². The summed E-state index contributed by atoms with van der Waals surface area (Å²) in [6.45, 7) is 4.08. The number of carboxylic acid groups (broad SMARTS) is 1. The summed E-state index contributed by atoms with van der Waals surface area (Å²) in [5.74, 6) is -2.40. The minimum Gasteiger partial charge on any atom is -0.481 e. The third-order valence-electron chi connectivity index (χ3n) is 2.56. The molecular formula is C9H15NO3. The molecule has 4 heteroatoms. The minimum absolute atomic E-state index is 0.230. The maximum atomic E-state index is 11.2. The number of rotatable bonds is 4. The zero-order valence-corrected chi connectivity index (χ0v) is 7.96. The summed E-state index contributed by atoms with van der Waals surface area (Å²) in [7, 11) is 0. The molecule has 1 unspecified atom stereocenters. The highest BCUT2D eigenvalue weighted by Crippen LogP contribution is 2.44. The zero-order valence-electron chi connectivity index (χ0n) is 7.96. The average Bonchev–Trinajstić information content (AvgIpc) is 2.79. The predicted octanol–water partition coefficient (Wildman–Crippen LogP) is 0.623. The van der Waals surface area contributed by atoms with E-state index in [4.69, 9.17) is 5.11 Å². The highest BCUT2D eigenvalue weighted by Gasteiger charge is 2.37. The van der Waals surface area contributed by atoms with Crippen LogP contribution in [0, 0.1) is 11.3 Å². The van der Waals surface area contributed by atoms with Crippen LogP contribution in [-0.2, 0) is 9.59 Å². The van der Waals surface area contributed by atoms with E-state index in [0.29, 0.717) is 6.54 Å². The standard InChI is InChI=1S/C9H15NO3/c1-6(8(12)13)7(11)10-5-9(2)3-4-9/h6H,3-5H2,1-2H3,(H,10,11)(H,12,13). The summed E-state index contributed by atoms with van der Waals surface area (Å²) in [5, 5.41) is 11.2. The summed E-state index contributed by atoms with van der Waals surface area (Å²) in [4.78, 5) is 21.6. The van der Waals surface area contributed by atoms with Crippen molar-refractivity contribution in [1.82, 2.24) is 5.32 Å². The molecule has 0 spiro atoms. The molecular weight excluding hydrogens is 170 g/mol. The monoisotopic (exact) mass is 185 g/mol. The lowest BCUT2D eigenvalue weighted by Gasteiger charge is -2.11. The predicted molar refractivity (Wildman–Crippen MR) is 47.2 cm³/mol. The maximum absolute atomic E-state index is 11.2. The Labute approximate surface area is 77.3 Å². The second-order valence-corrected chi connectivity index (χ2v) is 4.09. The van der Waals surface area contributed by atoms with E-state index in [-0.39, 0.29) is 11.3 Å². The normalized spacial score (nSPS) is 20.5. The molecule has 4 nitrogen and oxygen atoms in total. The molecule has 0 saturated heterocycles. The minimum atomic E-state index is -1.07. The van der Waals surface area contributed by atoms with E-state index in [1.807, 2.05) is 0 Å². The fourth-order valence-electron chi connectivity index (χ4n) is 0.956. The topological polar surface area (TPSA) is 66.4 Å². The van der Waals surface area contributed by atoms with Crippen LogP contribution in [0.4, 0.5) is 0 Å². The van der Waals surface area contributed by atoms with Gasteiger partial charge < -0.3 is 10.4 Å². The molecule has 1 rings (SSSR count). The first-order valence-corrected chi connectivity index (χ1v) is 4.45. The lowest BCUT2D eigenvalue weighted by Crippen LogP contribution is -2.36. The Hall–Kier alpha value is -1.06. The number of aliphatic carboxylic acids is 1. The molecule has 1 amide bonds. The van der Waals surface area contributed by atoms with Crippen molar-refractivity contribution in [3.05, 3.63) is 0 Å². The van der Waals surface area contributed by atoms with Gasteiger partial charge in [0.2, 0.25) is 5.91 Å². The number of hydrogen-bond donors (Lipinski definition) is 2. The summed E-state index contributed by atoms with van der Waals surface area (Å²) < 4.78 is 0. The van der Waals surface area contributed by atoms with E-state index in [1.54, 1.807) is 0 Å². The van der Waals surface area contributed by atoms with Crippen LogP contribution in [0.15, 0.2) is 0 Å². The van der Waals surface area contributed by atoms with E-state index in [9.17, 15) is 9.59 Å². The van der Waals surface area contributed by atoms with Crippen molar-refractivity contribution in [3.8, 4) is 0 Å². The number of nitrogens with one attached hydrogen (secondary N) is 1. The maximum Gasteiger partial charge on any atom is 0.315 e. The lowest BCUT2D eigenvalue weighted by molar-refractivity contribution is -0.146. The van der Waals surface area contributed by atoms with E-state index in [1.165, 1.54) is 6.92 Å². The average molecular weight is 185 g/mol. The van der Waals surface area contributed by atoms with Crippen LogP contribution in [0.2, 0.25) is 0 Å². The van der Waals surface area contributed by atoms with Crippen LogP contribution in [0.25, 0.3) is 0 Å². The van der Waals surface area contributed by atoms with Crippen LogP contribution < -0.4 is 5.32 Å². The van der Waals surface area contributed by atoms with Gasteiger partial charge in [0.05, 0.1) is 0 Å². The first-order valence-electron chi connectivity index (χ1n) is 4.45. The van der Waals surface area contributed by atoms with Crippen LogP contribution in [-0.4, -0.2) is 23.5 Å². The summed E-state index contributed by atoms with van der Waals surface area (Å²) in [5.41, 5.74) is 0.230. The Balaban J connectivity index is 2.28. The SMILES string of the molecule is CC(C(=O)O)C(=O)NCC1(C)CC1. The van der Waals surface area contributed by atoms with Gasteiger partial charge in [0.15, 0.2) is 0 Å². The van der Waals surface area contributed by atoms with Gasteiger partial charge >= 0.3 is 5.97 Å². The third kappa shape index (κ3) is 2.72. The van der Waals surface area contributed by atoms with Gasteiger partial charge in [0.1, 0.15) is 5.92 Å². The molecule has 2 N–H and O–H groups in total. The first-order chi connectivity index (χ1) is 5.94. The summed E-state index contributed by atoms with van der Waals surface area (Å²) >= 11 is 0. The number of hydrogen-bond acceptors (Lipinski definition) is 2.